The largest absolute Gasteiger partial charge is 0.333 e. The third-order valence-electron chi connectivity index (χ3n) is 4.02. The quantitative estimate of drug-likeness (QED) is 0.538. The van der Waals surface area contributed by atoms with Crippen molar-refractivity contribution in [3.8, 4) is 0 Å². The van der Waals surface area contributed by atoms with E-state index in [0.29, 0.717) is 0 Å². The number of carbonyl (C=O) groups is 3. The summed E-state index contributed by atoms with van der Waals surface area (Å²) in [6.07, 6.45) is 3.51. The minimum absolute atomic E-state index is 0.186. The SMILES string of the molecule is C=CCC1(CC=C)C(=O)N(CC(C)(C)C)C(=O)N(CC(C)(C)C)C1=O. The highest BCUT2D eigenvalue weighted by Gasteiger charge is 2.56. The molecule has 0 aliphatic carbocycles. The van der Waals surface area contributed by atoms with Crippen LogP contribution < -0.4 is 0 Å². The van der Waals surface area contributed by atoms with Gasteiger partial charge in [0.15, 0.2) is 0 Å². The lowest BCUT2D eigenvalue weighted by Crippen LogP contribution is -2.66. The van der Waals surface area contributed by atoms with Crippen LogP contribution in [0.2, 0.25) is 0 Å². The Morgan fingerprint density at radius 1 is 0.800 bits per heavy atom. The molecule has 5 nitrogen and oxygen atoms in total. The second kappa shape index (κ2) is 7.14. The highest BCUT2D eigenvalue weighted by molar-refractivity contribution is 6.19. The topological polar surface area (TPSA) is 57.7 Å². The van der Waals surface area contributed by atoms with Crippen molar-refractivity contribution in [1.29, 1.82) is 0 Å². The van der Waals surface area contributed by atoms with E-state index in [2.05, 4.69) is 13.2 Å². The van der Waals surface area contributed by atoms with Crippen molar-refractivity contribution < 1.29 is 14.4 Å². The van der Waals surface area contributed by atoms with Crippen LogP contribution in [0, 0.1) is 16.2 Å². The summed E-state index contributed by atoms with van der Waals surface area (Å²) in [4.78, 5) is 41.8. The van der Waals surface area contributed by atoms with Gasteiger partial charge in [-0.3, -0.25) is 19.4 Å². The molecular formula is C20H32N2O3. The summed E-state index contributed by atoms with van der Waals surface area (Å²) in [6, 6.07) is -0.524. The third kappa shape index (κ3) is 4.59. The molecule has 1 aliphatic rings. The Morgan fingerprint density at radius 2 is 1.12 bits per heavy atom. The first-order valence-electron chi connectivity index (χ1n) is 8.69. The molecule has 0 aromatic carbocycles. The van der Waals surface area contributed by atoms with Crippen LogP contribution in [0.5, 0.6) is 0 Å². The third-order valence-corrected chi connectivity index (χ3v) is 4.02. The molecule has 0 N–H and O–H groups in total. The number of rotatable bonds is 6. The molecule has 0 atom stereocenters. The van der Waals surface area contributed by atoms with E-state index in [9.17, 15) is 14.4 Å². The van der Waals surface area contributed by atoms with Crippen molar-refractivity contribution in [3.05, 3.63) is 25.3 Å². The lowest BCUT2D eigenvalue weighted by Gasteiger charge is -2.46. The summed E-state index contributed by atoms with van der Waals surface area (Å²) in [5.74, 6) is -0.884. The van der Waals surface area contributed by atoms with Crippen LogP contribution in [0.25, 0.3) is 0 Å². The average Bonchev–Trinajstić information content (AvgIpc) is 2.45. The van der Waals surface area contributed by atoms with Crippen molar-refractivity contribution in [2.45, 2.75) is 54.4 Å². The minimum atomic E-state index is -1.33. The number of carbonyl (C=O) groups excluding carboxylic acids is 3. The summed E-state index contributed by atoms with van der Waals surface area (Å²) >= 11 is 0. The van der Waals surface area contributed by atoms with Gasteiger partial charge in [0.05, 0.1) is 0 Å². The smallest absolute Gasteiger partial charge is 0.273 e. The van der Waals surface area contributed by atoms with Crippen LogP contribution in [0.1, 0.15) is 54.4 Å². The number of nitrogens with zero attached hydrogens (tertiary/aromatic N) is 2. The fourth-order valence-corrected chi connectivity index (χ4v) is 3.08. The highest BCUT2D eigenvalue weighted by Crippen LogP contribution is 2.39. The van der Waals surface area contributed by atoms with Crippen molar-refractivity contribution in [3.63, 3.8) is 0 Å². The van der Waals surface area contributed by atoms with Crippen molar-refractivity contribution in [1.82, 2.24) is 9.80 Å². The van der Waals surface area contributed by atoms with E-state index in [4.69, 9.17) is 0 Å². The minimum Gasteiger partial charge on any atom is -0.273 e. The van der Waals surface area contributed by atoms with Gasteiger partial charge in [-0.2, -0.15) is 0 Å². The van der Waals surface area contributed by atoms with Gasteiger partial charge in [-0.05, 0) is 23.7 Å². The predicted octanol–water partition coefficient (Wildman–Crippen LogP) is 4.01. The Bertz CT molecular complexity index is 529. The molecule has 0 saturated carbocycles. The molecule has 1 fully saturated rings. The second-order valence-electron chi connectivity index (χ2n) is 9.25. The molecule has 0 radical (unpaired) electrons. The van der Waals surface area contributed by atoms with Gasteiger partial charge in [-0.1, -0.05) is 53.7 Å². The summed E-state index contributed by atoms with van der Waals surface area (Å²) < 4.78 is 0. The number of hydrogen-bond donors (Lipinski definition) is 0. The van der Waals surface area contributed by atoms with E-state index >= 15 is 0 Å². The molecule has 25 heavy (non-hydrogen) atoms. The lowest BCUT2D eigenvalue weighted by molar-refractivity contribution is -0.160. The number of hydrogen-bond acceptors (Lipinski definition) is 3. The van der Waals surface area contributed by atoms with E-state index in [1.807, 2.05) is 41.5 Å². The van der Waals surface area contributed by atoms with E-state index < -0.39 is 23.3 Å². The molecule has 1 heterocycles. The first kappa shape index (κ1) is 21.1. The summed E-state index contributed by atoms with van der Waals surface area (Å²) in [5, 5.41) is 0. The Morgan fingerprint density at radius 3 is 1.36 bits per heavy atom. The van der Waals surface area contributed by atoms with Gasteiger partial charge in [0.25, 0.3) is 0 Å². The molecule has 1 saturated heterocycles. The number of urea groups is 1. The summed E-state index contributed by atoms with van der Waals surface area (Å²) in [5.41, 5.74) is -1.87. The summed E-state index contributed by atoms with van der Waals surface area (Å²) in [7, 11) is 0. The molecule has 4 amide bonds. The zero-order chi connectivity index (χ0) is 19.6. The van der Waals surface area contributed by atoms with Gasteiger partial charge >= 0.3 is 6.03 Å². The zero-order valence-electron chi connectivity index (χ0n) is 16.5. The maximum atomic E-state index is 13.2. The highest BCUT2D eigenvalue weighted by atomic mass is 16.2. The van der Waals surface area contributed by atoms with Crippen molar-refractivity contribution in [2.75, 3.05) is 13.1 Å². The monoisotopic (exact) mass is 348 g/mol. The average molecular weight is 348 g/mol. The van der Waals surface area contributed by atoms with E-state index in [0.717, 1.165) is 0 Å². The molecule has 1 rings (SSSR count). The second-order valence-corrected chi connectivity index (χ2v) is 9.25. The number of amides is 4. The predicted molar refractivity (Wildman–Crippen MR) is 99.8 cm³/mol. The fraction of sp³-hybridized carbons (Fsp3) is 0.650. The maximum absolute atomic E-state index is 13.2. The Balaban J connectivity index is 3.48. The normalized spacial score (nSPS) is 18.6. The van der Waals surface area contributed by atoms with Crippen LogP contribution in [-0.4, -0.2) is 40.7 Å². The molecule has 5 heteroatoms. The molecule has 140 valence electrons. The fourth-order valence-electron chi connectivity index (χ4n) is 3.08. The standard InChI is InChI=1S/C20H32N2O3/c1-9-11-20(12-10-2)15(23)21(13-18(3,4)5)17(25)22(16(20)24)14-19(6,7)8/h9-10H,1-2,11-14H2,3-8H3. The molecule has 0 unspecified atom stereocenters. The Hall–Kier alpha value is -1.91. The van der Waals surface area contributed by atoms with Gasteiger partial charge in [0.1, 0.15) is 5.41 Å². The van der Waals surface area contributed by atoms with E-state index in [1.54, 1.807) is 12.2 Å². The molecule has 0 aromatic rings. The van der Waals surface area contributed by atoms with Crippen LogP contribution in [0.15, 0.2) is 25.3 Å². The van der Waals surface area contributed by atoms with Gasteiger partial charge in [-0.25, -0.2) is 4.79 Å². The molecular weight excluding hydrogens is 316 g/mol. The molecule has 1 aliphatic heterocycles. The molecule has 0 bridgehead atoms. The first-order chi connectivity index (χ1) is 11.3. The maximum Gasteiger partial charge on any atom is 0.333 e. The summed E-state index contributed by atoms with van der Waals surface area (Å²) in [6.45, 7) is 19.7. The van der Waals surface area contributed by atoms with Crippen LogP contribution in [0.4, 0.5) is 4.79 Å². The van der Waals surface area contributed by atoms with Gasteiger partial charge < -0.3 is 0 Å². The zero-order valence-corrected chi connectivity index (χ0v) is 16.5. The lowest BCUT2D eigenvalue weighted by atomic mass is 9.75. The number of imide groups is 2. The van der Waals surface area contributed by atoms with Gasteiger partial charge in [0.2, 0.25) is 11.8 Å². The number of barbiturate groups is 1. The van der Waals surface area contributed by atoms with Crippen LogP contribution in [0.3, 0.4) is 0 Å². The first-order valence-corrected chi connectivity index (χ1v) is 8.69. The Kier molecular flexibility index (Phi) is 6.04. The van der Waals surface area contributed by atoms with E-state index in [-0.39, 0.29) is 36.8 Å². The van der Waals surface area contributed by atoms with Crippen molar-refractivity contribution in [2.24, 2.45) is 16.2 Å². The number of allylic oxidation sites excluding steroid dienone is 2. The molecule has 0 spiro atoms. The van der Waals surface area contributed by atoms with Crippen molar-refractivity contribution >= 4 is 17.8 Å². The molecule has 0 aromatic heterocycles. The van der Waals surface area contributed by atoms with Crippen LogP contribution in [-0.2, 0) is 9.59 Å². The van der Waals surface area contributed by atoms with Gasteiger partial charge in [-0.15, -0.1) is 13.2 Å². The van der Waals surface area contributed by atoms with Gasteiger partial charge in [0, 0.05) is 13.1 Å². The Labute approximate surface area is 151 Å². The van der Waals surface area contributed by atoms with E-state index in [1.165, 1.54) is 9.80 Å². The van der Waals surface area contributed by atoms with Crippen LogP contribution >= 0.6 is 0 Å².